The fourth-order valence-corrected chi connectivity index (χ4v) is 2.26. The van der Waals surface area contributed by atoms with Gasteiger partial charge < -0.3 is 34.4 Å². The molecule has 0 rings (SSSR count). The van der Waals surface area contributed by atoms with Gasteiger partial charge in [0.2, 0.25) is 12.3 Å². The summed E-state index contributed by atoms with van der Waals surface area (Å²) >= 11 is 0. The van der Waals surface area contributed by atoms with E-state index >= 15 is 0 Å². The molecule has 11 heteroatoms. The Labute approximate surface area is 195 Å². The van der Waals surface area contributed by atoms with Gasteiger partial charge in [0.25, 0.3) is 5.91 Å². The van der Waals surface area contributed by atoms with E-state index in [1.165, 1.54) is 12.2 Å². The van der Waals surface area contributed by atoms with Crippen molar-refractivity contribution in [1.29, 1.82) is 0 Å². The molecule has 0 radical (unpaired) electrons. The molecule has 0 aliphatic heterocycles. The van der Waals surface area contributed by atoms with Crippen LogP contribution in [0, 0.1) is 0 Å². The molecule has 0 aromatic carbocycles. The Balaban J connectivity index is 3.40. The van der Waals surface area contributed by atoms with Crippen LogP contribution in [-0.2, 0) is 38.1 Å². The third-order valence-electron chi connectivity index (χ3n) is 3.97. The van der Waals surface area contributed by atoms with E-state index in [2.05, 4.69) is 17.2 Å². The number of rotatable bonds is 23. The normalized spacial score (nSPS) is 10.7. The first-order valence-electron chi connectivity index (χ1n) is 10.9. The first kappa shape index (κ1) is 30.4. The van der Waals surface area contributed by atoms with Crippen molar-refractivity contribution >= 4 is 24.5 Å². The zero-order valence-electron chi connectivity index (χ0n) is 19.4. The number of nitrogens with one attached hydrogen (secondary N) is 2. The van der Waals surface area contributed by atoms with Crippen LogP contribution < -0.4 is 10.6 Å². The van der Waals surface area contributed by atoms with E-state index in [9.17, 15) is 19.2 Å². The molecule has 0 fully saturated rings. The largest absolute Gasteiger partial charge is 0.382 e. The van der Waals surface area contributed by atoms with Crippen LogP contribution in [0.5, 0.6) is 0 Å². The number of hydrogen-bond donors (Lipinski definition) is 2. The molecule has 188 valence electrons. The topological polar surface area (TPSA) is 132 Å². The molecule has 0 atom stereocenters. The Morgan fingerprint density at radius 2 is 1.42 bits per heavy atom. The van der Waals surface area contributed by atoms with Crippen molar-refractivity contribution in [2.45, 2.75) is 19.8 Å². The first-order valence-corrected chi connectivity index (χ1v) is 10.9. The SMILES string of the molecule is C=C(CCOCCOCCOCCOCCNC(=O)CCN(C=O)C(=O)/C=C\C)NCC=O. The zero-order chi connectivity index (χ0) is 24.6. The van der Waals surface area contributed by atoms with Gasteiger partial charge in [-0.3, -0.25) is 19.3 Å². The van der Waals surface area contributed by atoms with E-state index in [0.717, 1.165) is 16.9 Å². The molecule has 0 saturated carbocycles. The number of amides is 3. The lowest BCUT2D eigenvalue weighted by Crippen LogP contribution is -2.34. The molecular weight excluding hydrogens is 434 g/mol. The van der Waals surface area contributed by atoms with E-state index in [1.54, 1.807) is 6.92 Å². The van der Waals surface area contributed by atoms with E-state index in [-0.39, 0.29) is 25.4 Å². The van der Waals surface area contributed by atoms with Crippen molar-refractivity contribution < 1.29 is 38.1 Å². The maximum atomic E-state index is 11.7. The van der Waals surface area contributed by atoms with Crippen LogP contribution in [0.25, 0.3) is 0 Å². The number of aldehydes is 1. The highest BCUT2D eigenvalue weighted by Gasteiger charge is 2.11. The molecule has 33 heavy (non-hydrogen) atoms. The average Bonchev–Trinajstić information content (AvgIpc) is 2.80. The maximum Gasteiger partial charge on any atom is 0.252 e. The van der Waals surface area contributed by atoms with Gasteiger partial charge in [-0.1, -0.05) is 12.7 Å². The minimum absolute atomic E-state index is 0.0249. The summed E-state index contributed by atoms with van der Waals surface area (Å²) in [6.07, 6.45) is 4.65. The molecule has 0 saturated heterocycles. The molecule has 0 aromatic heterocycles. The molecule has 11 nitrogen and oxygen atoms in total. The number of allylic oxidation sites excluding steroid dienone is 1. The quantitative estimate of drug-likeness (QED) is 0.118. The summed E-state index contributed by atoms with van der Waals surface area (Å²) in [5, 5.41) is 5.52. The van der Waals surface area contributed by atoms with Crippen LogP contribution in [0.3, 0.4) is 0 Å². The summed E-state index contributed by atoms with van der Waals surface area (Å²) in [5.41, 5.74) is 0.764. The lowest BCUT2D eigenvalue weighted by Gasteiger charge is -2.13. The van der Waals surface area contributed by atoms with Gasteiger partial charge in [-0.05, 0) is 13.0 Å². The average molecular weight is 472 g/mol. The summed E-state index contributed by atoms with van der Waals surface area (Å²) in [5.74, 6) is -0.721. The minimum Gasteiger partial charge on any atom is -0.382 e. The molecule has 0 spiro atoms. The van der Waals surface area contributed by atoms with Crippen molar-refractivity contribution in [3.05, 3.63) is 24.4 Å². The number of imide groups is 1. The third kappa shape index (κ3) is 19.8. The van der Waals surface area contributed by atoms with Crippen LogP contribution in [0.15, 0.2) is 24.4 Å². The van der Waals surface area contributed by atoms with Crippen molar-refractivity contribution in [2.75, 3.05) is 72.5 Å². The van der Waals surface area contributed by atoms with E-state index < -0.39 is 5.91 Å². The number of carbonyl (C=O) groups is 4. The maximum absolute atomic E-state index is 11.7. The molecule has 0 heterocycles. The van der Waals surface area contributed by atoms with Gasteiger partial charge in [-0.2, -0.15) is 0 Å². The zero-order valence-corrected chi connectivity index (χ0v) is 19.4. The summed E-state index contributed by atoms with van der Waals surface area (Å²) < 4.78 is 21.5. The van der Waals surface area contributed by atoms with Crippen molar-refractivity contribution in [1.82, 2.24) is 15.5 Å². The van der Waals surface area contributed by atoms with Crippen LogP contribution in [0.1, 0.15) is 19.8 Å². The van der Waals surface area contributed by atoms with E-state index in [1.807, 2.05) is 0 Å². The summed E-state index contributed by atoms with van der Waals surface area (Å²) in [7, 11) is 0. The first-order chi connectivity index (χ1) is 16.0. The Kier molecular flexibility index (Phi) is 20.8. The number of carbonyl (C=O) groups excluding carboxylic acids is 4. The molecule has 0 aromatic rings. The van der Waals surface area contributed by atoms with Crippen LogP contribution in [-0.4, -0.2) is 102 Å². The van der Waals surface area contributed by atoms with Crippen molar-refractivity contribution in [3.8, 4) is 0 Å². The van der Waals surface area contributed by atoms with Gasteiger partial charge >= 0.3 is 0 Å². The summed E-state index contributed by atoms with van der Waals surface area (Å²) in [6, 6.07) is 0. The van der Waals surface area contributed by atoms with E-state index in [0.29, 0.717) is 72.2 Å². The fourth-order valence-electron chi connectivity index (χ4n) is 2.26. The second-order valence-corrected chi connectivity index (χ2v) is 6.59. The second kappa shape index (κ2) is 22.6. The van der Waals surface area contributed by atoms with Crippen molar-refractivity contribution in [3.63, 3.8) is 0 Å². The number of hydrogen-bond acceptors (Lipinski definition) is 9. The molecule has 0 aliphatic carbocycles. The standard InChI is InChI=1S/C22H37N3O8/c1-3-4-22(29)25(19-27)9-5-21(28)24-8-12-31-14-16-33-18-17-32-15-13-30-11-6-20(2)23-7-10-26/h3-4,10,19,23H,2,5-9,11-18H2,1H3,(H,24,28)/b4-3-. The predicted octanol–water partition coefficient (Wildman–Crippen LogP) is -0.187. The highest BCUT2D eigenvalue weighted by molar-refractivity contribution is 5.94. The Morgan fingerprint density at radius 1 is 0.848 bits per heavy atom. The molecule has 0 aliphatic rings. The molecule has 3 amide bonds. The second-order valence-electron chi connectivity index (χ2n) is 6.59. The van der Waals surface area contributed by atoms with Gasteiger partial charge in [-0.15, -0.1) is 0 Å². The van der Waals surface area contributed by atoms with Gasteiger partial charge in [0.1, 0.15) is 6.29 Å². The fraction of sp³-hybridized carbons (Fsp3) is 0.636. The Morgan fingerprint density at radius 3 is 1.97 bits per heavy atom. The van der Waals surface area contributed by atoms with Gasteiger partial charge in [-0.25, -0.2) is 0 Å². The van der Waals surface area contributed by atoms with Crippen LogP contribution >= 0.6 is 0 Å². The predicted molar refractivity (Wildman–Crippen MR) is 121 cm³/mol. The minimum atomic E-state index is -0.453. The molecular formula is C22H37N3O8. The van der Waals surface area contributed by atoms with Crippen LogP contribution in [0.4, 0.5) is 0 Å². The summed E-state index contributed by atoms with van der Waals surface area (Å²) in [6.45, 7) is 9.50. The Hall–Kier alpha value is -2.60. The van der Waals surface area contributed by atoms with Gasteiger partial charge in [0.15, 0.2) is 0 Å². The number of nitrogens with zero attached hydrogens (tertiary/aromatic N) is 1. The van der Waals surface area contributed by atoms with Gasteiger partial charge in [0.05, 0.1) is 59.4 Å². The molecule has 0 unspecified atom stereocenters. The highest BCUT2D eigenvalue weighted by Crippen LogP contribution is 1.93. The summed E-state index contributed by atoms with van der Waals surface area (Å²) in [4.78, 5) is 45.3. The van der Waals surface area contributed by atoms with Crippen molar-refractivity contribution in [2.24, 2.45) is 0 Å². The Bertz CT molecular complexity index is 598. The highest BCUT2D eigenvalue weighted by atomic mass is 16.6. The molecule has 0 bridgehead atoms. The monoisotopic (exact) mass is 471 g/mol. The number of ether oxygens (including phenoxy) is 4. The van der Waals surface area contributed by atoms with Gasteiger partial charge in [0, 0.05) is 31.6 Å². The van der Waals surface area contributed by atoms with Crippen LogP contribution in [0.2, 0.25) is 0 Å². The molecule has 2 N–H and O–H groups in total. The smallest absolute Gasteiger partial charge is 0.252 e. The lowest BCUT2D eigenvalue weighted by atomic mass is 10.3. The van der Waals surface area contributed by atoms with E-state index in [4.69, 9.17) is 18.9 Å². The lowest BCUT2D eigenvalue weighted by molar-refractivity contribution is -0.134. The third-order valence-corrected chi connectivity index (χ3v) is 3.97.